The molecule has 0 aromatic carbocycles. The molecule has 0 radical (unpaired) electrons. The Hall–Kier alpha value is 3.36. The largest absolute Gasteiger partial charge is 4.00 e. The van der Waals surface area contributed by atoms with Crippen molar-refractivity contribution < 1.29 is 125 Å². The average molecular weight is 907 g/mol. The molecule has 0 saturated heterocycles. The van der Waals surface area contributed by atoms with Crippen molar-refractivity contribution in [3.05, 3.63) is 0 Å². The molecule has 17 heavy (non-hydrogen) atoms. The van der Waals surface area contributed by atoms with Crippen molar-refractivity contribution in [3.8, 4) is 0 Å². The van der Waals surface area contributed by atoms with Gasteiger partial charge in [0.15, 0.2) is 0 Å². The molecule has 0 heterocycles. The summed E-state index contributed by atoms with van der Waals surface area (Å²) in [5.41, 5.74) is 0. The first-order valence-electron chi connectivity index (χ1n) is 1.85. The van der Waals surface area contributed by atoms with E-state index in [1.165, 1.54) is 0 Å². The molecule has 0 unspecified atom stereocenters. The fourth-order valence-electron chi connectivity index (χ4n) is 0. The Kier molecular flexibility index (Phi) is 52.6. The van der Waals surface area contributed by atoms with Crippen molar-refractivity contribution in [3.63, 3.8) is 0 Å². The van der Waals surface area contributed by atoms with Crippen LogP contribution < -0.4 is 125 Å². The van der Waals surface area contributed by atoms with Crippen molar-refractivity contribution in [1.29, 1.82) is 0 Å². The van der Waals surface area contributed by atoms with Gasteiger partial charge in [-0.25, -0.2) is 0 Å². The van der Waals surface area contributed by atoms with Crippen molar-refractivity contribution in [1.82, 2.24) is 0 Å². The van der Waals surface area contributed by atoms with Crippen LogP contribution in [0.15, 0.2) is 0 Å². The molecule has 0 rings (SSSR count). The van der Waals surface area contributed by atoms with Crippen LogP contribution in [0, 0.1) is 0 Å². The average Bonchev–Trinajstić information content (AvgIpc) is 1.76. The molecule has 0 aliphatic heterocycles. The summed E-state index contributed by atoms with van der Waals surface area (Å²) in [6.45, 7) is 0. The second-order valence-corrected chi connectivity index (χ2v) is 5.07. The molecule has 0 aromatic heterocycles. The quantitative estimate of drug-likeness (QED) is 0.162. The Balaban J connectivity index is -0.0000000369. The third-order valence-corrected chi connectivity index (χ3v) is 0. The number of hydrogen-bond acceptors (Lipinski definition) is 12. The minimum Gasteiger partial charge on any atom is -0.427 e. The van der Waals surface area contributed by atoms with Gasteiger partial charge in [0.2, 0.25) is 0 Å². The van der Waals surface area contributed by atoms with Crippen LogP contribution in [0.1, 0.15) is 0 Å². The summed E-state index contributed by atoms with van der Waals surface area (Å²) in [6.07, 6.45) is 0. The summed E-state index contributed by atoms with van der Waals surface area (Å²) in [6, 6.07) is 0. The summed E-state index contributed by atoms with van der Waals surface area (Å²) in [5.74, 6) is 0. The third-order valence-electron chi connectivity index (χ3n) is 0. The van der Waals surface area contributed by atoms with E-state index in [4.69, 9.17) is 41.2 Å². The van der Waals surface area contributed by atoms with E-state index in [2.05, 4.69) is 0 Å². The van der Waals surface area contributed by atoms with Crippen molar-refractivity contribution in [2.75, 3.05) is 0 Å². The molecule has 0 saturated carbocycles. The smallest absolute Gasteiger partial charge is 0.427 e. The standard InChI is InChI=1S/4IO3.Pb/c4*2-1(3)4;/q4*-1;+4. The normalized spacial score (nSPS) is 8.47. The van der Waals surface area contributed by atoms with Crippen LogP contribution in [0.5, 0.6) is 0 Å². The monoisotopic (exact) mass is 908 g/mol. The number of halogens is 4. The second-order valence-electron chi connectivity index (χ2n) is 0.756. The van der Waals surface area contributed by atoms with Crippen molar-refractivity contribution in [2.45, 2.75) is 0 Å². The SMILES string of the molecule is [O-][I+2]([O-])[O-].[O-][I+2]([O-])[O-].[O-][I+2]([O-])[O-].[O-][I+2]([O-])[O-].[Pb+4]. The zero-order valence-corrected chi connectivity index (χ0v) is 19.4. The molecule has 17 heteroatoms. The van der Waals surface area contributed by atoms with E-state index in [0.29, 0.717) is 0 Å². The van der Waals surface area contributed by atoms with E-state index < -0.39 is 84.3 Å². The summed E-state index contributed by atoms with van der Waals surface area (Å²) in [5, 5.41) is 0. The van der Waals surface area contributed by atoms with Gasteiger partial charge in [-0.2, -0.15) is 0 Å². The molecule has 0 spiro atoms. The maximum Gasteiger partial charge on any atom is 4.00 e. The first-order chi connectivity index (χ1) is 6.93. The fraction of sp³-hybridized carbons (Fsp3) is 0. The predicted octanol–water partition coefficient (Wildman–Crippen LogP) is -26.6. The maximum atomic E-state index is 8.57. The molecule has 0 aliphatic carbocycles. The topological polar surface area (TPSA) is 277 Å². The van der Waals surface area contributed by atoms with Gasteiger partial charge >= 0.3 is 27.3 Å². The molecule has 0 aliphatic rings. The molecular weight excluding hydrogens is 907 g/mol. The van der Waals surface area contributed by atoms with Crippen molar-refractivity contribution >= 4 is 27.3 Å². The molecule has 0 atom stereocenters. The van der Waals surface area contributed by atoms with E-state index in [9.17, 15) is 0 Å². The van der Waals surface area contributed by atoms with Gasteiger partial charge in [-0.15, -0.1) is 0 Å². The Bertz CT molecular complexity index is 61.5. The third kappa shape index (κ3) is 516. The first-order valence-corrected chi connectivity index (χ1v) is 12.4. The Morgan fingerprint density at radius 1 is 0.294 bits per heavy atom. The fourth-order valence-corrected chi connectivity index (χ4v) is 0. The van der Waals surface area contributed by atoms with Gasteiger partial charge in [-0.3, -0.25) is 0 Å². The number of hydrogen-bond donors (Lipinski definition) is 0. The second kappa shape index (κ2) is 27.7. The van der Waals surface area contributed by atoms with Gasteiger partial charge in [0.05, 0.1) is 0 Å². The molecule has 12 nitrogen and oxygen atoms in total. The van der Waals surface area contributed by atoms with Crippen molar-refractivity contribution in [2.24, 2.45) is 0 Å². The van der Waals surface area contributed by atoms with Crippen LogP contribution >= 0.6 is 0 Å². The molecule has 0 N–H and O–H groups in total. The van der Waals surface area contributed by atoms with E-state index in [-0.39, 0.29) is 27.3 Å². The van der Waals surface area contributed by atoms with Gasteiger partial charge in [-0.1, -0.05) is 0 Å². The molecule has 0 bridgehead atoms. The van der Waals surface area contributed by atoms with Crippen LogP contribution in [0.4, 0.5) is 0 Å². The first kappa shape index (κ1) is 32.3. The van der Waals surface area contributed by atoms with E-state index >= 15 is 0 Å². The maximum absolute atomic E-state index is 8.57. The molecule has 104 valence electrons. The molecule has 0 aromatic rings. The Morgan fingerprint density at radius 3 is 0.294 bits per heavy atom. The van der Waals surface area contributed by atoms with Crippen LogP contribution in [-0.4, -0.2) is 27.3 Å². The predicted molar refractivity (Wildman–Crippen MR) is 5.75 cm³/mol. The van der Waals surface area contributed by atoms with E-state index in [1.807, 2.05) is 0 Å². The van der Waals surface area contributed by atoms with Gasteiger partial charge in [0.1, 0.15) is 0 Å². The van der Waals surface area contributed by atoms with E-state index in [1.54, 1.807) is 0 Å². The number of rotatable bonds is 0. The summed E-state index contributed by atoms with van der Waals surface area (Å²) in [4.78, 5) is 0. The Labute approximate surface area is 150 Å². The molecule has 0 fully saturated rings. The van der Waals surface area contributed by atoms with Gasteiger partial charge in [0.25, 0.3) is 84.3 Å². The summed E-state index contributed by atoms with van der Waals surface area (Å²) < 4.78 is 103. The van der Waals surface area contributed by atoms with Gasteiger partial charge in [-0.05, 0) is 0 Å². The van der Waals surface area contributed by atoms with Gasteiger partial charge < -0.3 is 41.2 Å². The van der Waals surface area contributed by atoms with Crippen LogP contribution in [0.2, 0.25) is 0 Å². The Morgan fingerprint density at radius 2 is 0.294 bits per heavy atom. The molecule has 0 amide bonds. The van der Waals surface area contributed by atoms with E-state index in [0.717, 1.165) is 0 Å². The van der Waals surface area contributed by atoms with Crippen LogP contribution in [-0.2, 0) is 0 Å². The summed E-state index contributed by atoms with van der Waals surface area (Å²) in [7, 11) is 0. The zero-order valence-electron chi connectivity index (χ0n) is 6.91. The molecular formula is I4O12Pb. The minimum absolute atomic E-state index is 0. The van der Waals surface area contributed by atoms with Crippen LogP contribution in [0.25, 0.3) is 0 Å². The van der Waals surface area contributed by atoms with Crippen LogP contribution in [0.3, 0.4) is 0 Å². The summed E-state index contributed by atoms with van der Waals surface area (Å²) >= 11 is -16.1. The minimum atomic E-state index is -4.01. The van der Waals surface area contributed by atoms with Gasteiger partial charge in [0, 0.05) is 0 Å². The zero-order chi connectivity index (χ0) is 14.3.